The number of aryl methyl sites for hydroxylation is 1. The fraction of sp³-hybridized carbons (Fsp3) is 0.562. The molecular formula is C16H25NO2. The molecule has 0 aromatic heterocycles. The third-order valence-corrected chi connectivity index (χ3v) is 3.23. The zero-order valence-electron chi connectivity index (χ0n) is 12.2. The highest BCUT2D eigenvalue weighted by Crippen LogP contribution is 2.14. The predicted octanol–water partition coefficient (Wildman–Crippen LogP) is 2.81. The number of nitrogens with zero attached hydrogens (tertiary/aromatic N) is 1. The first-order chi connectivity index (χ1) is 9.02. The Balaban J connectivity index is 2.37. The van der Waals surface area contributed by atoms with Crippen molar-refractivity contribution in [2.45, 2.75) is 45.1 Å². The number of anilines is 1. The van der Waals surface area contributed by atoms with E-state index in [0.29, 0.717) is 19.3 Å². The second kappa shape index (κ2) is 7.95. The van der Waals surface area contributed by atoms with Gasteiger partial charge in [0.1, 0.15) is 5.78 Å². The highest BCUT2D eigenvalue weighted by Gasteiger charge is 2.10. The first-order valence-corrected chi connectivity index (χ1v) is 6.99. The van der Waals surface area contributed by atoms with Crippen molar-refractivity contribution >= 4 is 11.5 Å². The third-order valence-electron chi connectivity index (χ3n) is 3.23. The number of carbonyl (C=O) groups excluding carboxylic acids is 1. The van der Waals surface area contributed by atoms with Crippen LogP contribution in [-0.2, 0) is 11.2 Å². The summed E-state index contributed by atoms with van der Waals surface area (Å²) in [5, 5.41) is 9.59. The first kappa shape index (κ1) is 15.7. The maximum Gasteiger partial charge on any atom is 0.135 e. The molecule has 0 saturated carbocycles. The molecule has 1 unspecified atom stereocenters. The zero-order valence-corrected chi connectivity index (χ0v) is 12.2. The fourth-order valence-electron chi connectivity index (χ4n) is 2.04. The molecule has 1 rings (SSSR count). The van der Waals surface area contributed by atoms with Crippen LogP contribution in [0.25, 0.3) is 0 Å². The van der Waals surface area contributed by atoms with Crippen LogP contribution in [0, 0.1) is 0 Å². The van der Waals surface area contributed by atoms with E-state index in [0.717, 1.165) is 18.5 Å². The summed E-state index contributed by atoms with van der Waals surface area (Å²) in [6.45, 7) is 2.01. The Morgan fingerprint density at radius 1 is 1.26 bits per heavy atom. The summed E-state index contributed by atoms with van der Waals surface area (Å²) in [6.07, 6.45) is 2.73. The smallest absolute Gasteiger partial charge is 0.135 e. The van der Waals surface area contributed by atoms with Crippen LogP contribution >= 0.6 is 0 Å². The van der Waals surface area contributed by atoms with Crippen molar-refractivity contribution in [3.8, 4) is 0 Å². The topological polar surface area (TPSA) is 40.5 Å². The normalized spacial score (nSPS) is 12.2. The Morgan fingerprint density at radius 3 is 2.42 bits per heavy atom. The number of aliphatic hydroxyl groups excluding tert-OH is 1. The second-order valence-corrected chi connectivity index (χ2v) is 5.25. The van der Waals surface area contributed by atoms with Gasteiger partial charge in [-0.05, 0) is 30.5 Å². The Bertz CT molecular complexity index is 384. The molecule has 0 fully saturated rings. The van der Waals surface area contributed by atoms with Gasteiger partial charge in [-0.3, -0.25) is 4.79 Å². The quantitative estimate of drug-likeness (QED) is 0.784. The fourth-order valence-corrected chi connectivity index (χ4v) is 2.04. The summed E-state index contributed by atoms with van der Waals surface area (Å²) in [6, 6.07) is 8.24. The minimum atomic E-state index is -0.464. The predicted molar refractivity (Wildman–Crippen MR) is 79.6 cm³/mol. The minimum absolute atomic E-state index is 0.151. The van der Waals surface area contributed by atoms with Crippen molar-refractivity contribution in [1.82, 2.24) is 0 Å². The summed E-state index contributed by atoms with van der Waals surface area (Å²) < 4.78 is 0. The van der Waals surface area contributed by atoms with Gasteiger partial charge < -0.3 is 10.0 Å². The molecule has 1 atom stereocenters. The Labute approximate surface area is 116 Å². The van der Waals surface area contributed by atoms with E-state index < -0.39 is 6.10 Å². The molecule has 1 aromatic rings. The van der Waals surface area contributed by atoms with Gasteiger partial charge in [0.15, 0.2) is 0 Å². The summed E-state index contributed by atoms with van der Waals surface area (Å²) in [5.74, 6) is 0.151. The van der Waals surface area contributed by atoms with E-state index in [9.17, 15) is 9.90 Å². The molecule has 0 aliphatic heterocycles. The van der Waals surface area contributed by atoms with Gasteiger partial charge in [-0.25, -0.2) is 0 Å². The van der Waals surface area contributed by atoms with E-state index in [1.54, 1.807) is 0 Å². The SMILES string of the molecule is CCCC(O)CC(=O)CCc1ccc(N(C)C)cc1. The largest absolute Gasteiger partial charge is 0.393 e. The average molecular weight is 263 g/mol. The van der Waals surface area contributed by atoms with Crippen molar-refractivity contribution < 1.29 is 9.90 Å². The maximum absolute atomic E-state index is 11.7. The van der Waals surface area contributed by atoms with Crippen molar-refractivity contribution in [2.75, 3.05) is 19.0 Å². The van der Waals surface area contributed by atoms with Gasteiger partial charge >= 0.3 is 0 Å². The first-order valence-electron chi connectivity index (χ1n) is 6.99. The molecule has 0 saturated heterocycles. The number of benzene rings is 1. The van der Waals surface area contributed by atoms with Crippen LogP contribution in [0.2, 0.25) is 0 Å². The van der Waals surface area contributed by atoms with Crippen molar-refractivity contribution in [3.63, 3.8) is 0 Å². The van der Waals surface area contributed by atoms with Crippen LogP contribution < -0.4 is 4.90 Å². The van der Waals surface area contributed by atoms with E-state index in [1.165, 1.54) is 5.56 Å². The molecule has 3 nitrogen and oxygen atoms in total. The van der Waals surface area contributed by atoms with E-state index in [4.69, 9.17) is 0 Å². The van der Waals surface area contributed by atoms with E-state index >= 15 is 0 Å². The number of ketones is 1. The number of aliphatic hydroxyl groups is 1. The molecule has 3 heteroatoms. The molecule has 1 N–H and O–H groups in total. The molecule has 19 heavy (non-hydrogen) atoms. The highest BCUT2D eigenvalue weighted by atomic mass is 16.3. The van der Waals surface area contributed by atoms with Crippen molar-refractivity contribution in [3.05, 3.63) is 29.8 Å². The lowest BCUT2D eigenvalue weighted by Gasteiger charge is -2.12. The molecule has 0 bridgehead atoms. The summed E-state index contributed by atoms with van der Waals surface area (Å²) in [7, 11) is 4.02. The lowest BCUT2D eigenvalue weighted by Crippen LogP contribution is -2.13. The molecule has 0 spiro atoms. The zero-order chi connectivity index (χ0) is 14.3. The van der Waals surface area contributed by atoms with Crippen molar-refractivity contribution in [2.24, 2.45) is 0 Å². The van der Waals surface area contributed by atoms with Gasteiger partial charge in [0.25, 0.3) is 0 Å². The van der Waals surface area contributed by atoms with Gasteiger partial charge in [-0.2, -0.15) is 0 Å². The van der Waals surface area contributed by atoms with E-state index in [2.05, 4.69) is 29.2 Å². The van der Waals surface area contributed by atoms with Gasteiger partial charge in [0.2, 0.25) is 0 Å². The molecule has 1 aromatic carbocycles. The number of rotatable bonds is 8. The van der Waals surface area contributed by atoms with Gasteiger partial charge in [-0.15, -0.1) is 0 Å². The molecule has 0 radical (unpaired) electrons. The number of carbonyl (C=O) groups is 1. The molecule has 0 aliphatic rings. The van der Waals surface area contributed by atoms with Crippen LogP contribution in [0.3, 0.4) is 0 Å². The second-order valence-electron chi connectivity index (χ2n) is 5.25. The maximum atomic E-state index is 11.7. The Morgan fingerprint density at radius 2 is 1.89 bits per heavy atom. The van der Waals surface area contributed by atoms with Crippen LogP contribution in [0.5, 0.6) is 0 Å². The standard InChI is InChI=1S/C16H25NO2/c1-4-5-15(18)12-16(19)11-8-13-6-9-14(10-7-13)17(2)3/h6-7,9-10,15,18H,4-5,8,11-12H2,1-3H3. The Hall–Kier alpha value is -1.35. The lowest BCUT2D eigenvalue weighted by molar-refractivity contribution is -0.121. The van der Waals surface area contributed by atoms with E-state index in [-0.39, 0.29) is 5.78 Å². The summed E-state index contributed by atoms with van der Waals surface area (Å²) in [4.78, 5) is 13.8. The van der Waals surface area contributed by atoms with Crippen LogP contribution in [0.15, 0.2) is 24.3 Å². The Kier molecular flexibility index (Phi) is 6.57. The monoisotopic (exact) mass is 263 g/mol. The van der Waals surface area contributed by atoms with E-state index in [1.807, 2.05) is 21.0 Å². The third kappa shape index (κ3) is 5.88. The lowest BCUT2D eigenvalue weighted by atomic mass is 10.0. The van der Waals surface area contributed by atoms with Crippen LogP contribution in [0.1, 0.15) is 38.2 Å². The highest BCUT2D eigenvalue weighted by molar-refractivity contribution is 5.79. The molecule has 0 amide bonds. The molecule has 0 aliphatic carbocycles. The van der Waals surface area contributed by atoms with Crippen LogP contribution in [0.4, 0.5) is 5.69 Å². The molecular weight excluding hydrogens is 238 g/mol. The van der Waals surface area contributed by atoms with Gasteiger partial charge in [0.05, 0.1) is 6.10 Å². The average Bonchev–Trinajstić information content (AvgIpc) is 2.37. The molecule has 0 heterocycles. The number of hydrogen-bond acceptors (Lipinski definition) is 3. The minimum Gasteiger partial charge on any atom is -0.393 e. The van der Waals surface area contributed by atoms with Crippen LogP contribution in [-0.4, -0.2) is 31.1 Å². The summed E-state index contributed by atoms with van der Waals surface area (Å²) >= 11 is 0. The van der Waals surface area contributed by atoms with Gasteiger partial charge in [-0.1, -0.05) is 25.5 Å². The molecule has 106 valence electrons. The summed E-state index contributed by atoms with van der Waals surface area (Å²) in [5.41, 5.74) is 2.33. The van der Waals surface area contributed by atoms with Crippen molar-refractivity contribution in [1.29, 1.82) is 0 Å². The van der Waals surface area contributed by atoms with Gasteiger partial charge in [0, 0.05) is 32.6 Å². The number of hydrogen-bond donors (Lipinski definition) is 1. The number of Topliss-reactive ketones (excluding diaryl/α,β-unsaturated/α-hetero) is 1.